The lowest BCUT2D eigenvalue weighted by molar-refractivity contribution is -0.113. The maximum atomic E-state index is 12.7. The van der Waals surface area contributed by atoms with Crippen LogP contribution >= 0.6 is 35.6 Å². The Labute approximate surface area is 148 Å². The van der Waals surface area contributed by atoms with Gasteiger partial charge in [-0.05, 0) is 42.0 Å². The van der Waals surface area contributed by atoms with Crippen molar-refractivity contribution in [3.63, 3.8) is 0 Å². The van der Waals surface area contributed by atoms with Crippen LogP contribution in [-0.4, -0.2) is 17.3 Å². The van der Waals surface area contributed by atoms with E-state index in [4.69, 9.17) is 28.6 Å². The number of rotatable bonds is 3. The number of ether oxygens (including phenoxy) is 1. The summed E-state index contributed by atoms with van der Waals surface area (Å²) in [5, 5.41) is 0.599. The molecule has 0 spiro atoms. The van der Waals surface area contributed by atoms with Gasteiger partial charge >= 0.3 is 0 Å². The molecule has 1 aliphatic heterocycles. The number of benzene rings is 2. The molecule has 0 aromatic heterocycles. The van der Waals surface area contributed by atoms with Crippen molar-refractivity contribution in [3.05, 3.63) is 64.0 Å². The molecular formula is C17H12ClNO2S2. The molecule has 3 nitrogen and oxygen atoms in total. The first-order chi connectivity index (χ1) is 11.1. The van der Waals surface area contributed by atoms with E-state index in [2.05, 4.69) is 0 Å². The zero-order chi connectivity index (χ0) is 16.4. The van der Waals surface area contributed by atoms with Gasteiger partial charge in [-0.15, -0.1) is 0 Å². The summed E-state index contributed by atoms with van der Waals surface area (Å²) in [5.41, 5.74) is 1.51. The molecule has 2 aromatic carbocycles. The summed E-state index contributed by atoms with van der Waals surface area (Å²) in [6, 6.07) is 14.6. The van der Waals surface area contributed by atoms with Crippen LogP contribution in [0.2, 0.25) is 5.02 Å². The van der Waals surface area contributed by atoms with Crippen LogP contribution in [0.15, 0.2) is 53.4 Å². The van der Waals surface area contributed by atoms with Crippen molar-refractivity contribution in [3.8, 4) is 5.75 Å². The van der Waals surface area contributed by atoms with Crippen molar-refractivity contribution in [2.75, 3.05) is 12.0 Å². The number of amides is 1. The average Bonchev–Trinajstić information content (AvgIpc) is 2.84. The first kappa shape index (κ1) is 16.1. The molecule has 0 saturated carbocycles. The van der Waals surface area contributed by atoms with Crippen LogP contribution in [0.4, 0.5) is 5.69 Å². The third-order valence-electron chi connectivity index (χ3n) is 3.32. The van der Waals surface area contributed by atoms with Crippen LogP contribution in [0.5, 0.6) is 5.75 Å². The molecule has 23 heavy (non-hydrogen) atoms. The minimum atomic E-state index is -0.148. The Morgan fingerprint density at radius 3 is 2.52 bits per heavy atom. The third-order valence-corrected chi connectivity index (χ3v) is 4.96. The van der Waals surface area contributed by atoms with Gasteiger partial charge in [0.05, 0.1) is 17.7 Å². The summed E-state index contributed by atoms with van der Waals surface area (Å²) in [7, 11) is 1.60. The number of carbonyl (C=O) groups is 1. The van der Waals surface area contributed by atoms with E-state index in [1.54, 1.807) is 31.4 Å². The van der Waals surface area contributed by atoms with Gasteiger partial charge in [0.1, 0.15) is 5.75 Å². The molecule has 0 unspecified atom stereocenters. The third kappa shape index (κ3) is 3.27. The average molecular weight is 362 g/mol. The highest BCUT2D eigenvalue weighted by Crippen LogP contribution is 2.37. The number of thiocarbonyl (C=S) groups is 1. The fourth-order valence-corrected chi connectivity index (χ4v) is 3.64. The summed E-state index contributed by atoms with van der Waals surface area (Å²) in [4.78, 5) is 14.7. The Balaban J connectivity index is 1.92. The molecule has 1 saturated heterocycles. The van der Waals surface area contributed by atoms with Crippen molar-refractivity contribution in [2.45, 2.75) is 0 Å². The molecule has 1 amide bonds. The van der Waals surface area contributed by atoms with Gasteiger partial charge in [-0.3, -0.25) is 9.69 Å². The lowest BCUT2D eigenvalue weighted by Crippen LogP contribution is -2.27. The zero-order valence-corrected chi connectivity index (χ0v) is 14.5. The van der Waals surface area contributed by atoms with E-state index in [9.17, 15) is 4.79 Å². The predicted octanol–water partition coefficient (Wildman–Crippen LogP) is 4.75. The van der Waals surface area contributed by atoms with E-state index < -0.39 is 0 Å². The maximum Gasteiger partial charge on any atom is 0.270 e. The lowest BCUT2D eigenvalue weighted by Gasteiger charge is -2.14. The molecule has 1 heterocycles. The maximum absolute atomic E-state index is 12.7. The summed E-state index contributed by atoms with van der Waals surface area (Å²) in [6.45, 7) is 0. The molecular weight excluding hydrogens is 350 g/mol. The minimum absolute atomic E-state index is 0.148. The van der Waals surface area contributed by atoms with E-state index in [0.29, 0.717) is 14.2 Å². The largest absolute Gasteiger partial charge is 0.497 e. The van der Waals surface area contributed by atoms with Crippen molar-refractivity contribution in [1.82, 2.24) is 0 Å². The molecule has 0 aliphatic carbocycles. The second-order valence-electron chi connectivity index (χ2n) is 4.74. The number of thioether (sulfide) groups is 1. The zero-order valence-electron chi connectivity index (χ0n) is 12.2. The van der Waals surface area contributed by atoms with Crippen molar-refractivity contribution >= 4 is 57.6 Å². The molecule has 1 aliphatic rings. The monoisotopic (exact) mass is 361 g/mol. The van der Waals surface area contributed by atoms with Gasteiger partial charge in [-0.2, -0.15) is 0 Å². The number of nitrogens with zero attached hydrogens (tertiary/aromatic N) is 1. The van der Waals surface area contributed by atoms with E-state index >= 15 is 0 Å². The topological polar surface area (TPSA) is 29.5 Å². The SMILES string of the molecule is COc1ccc(N2C(=O)C(=Cc3ccccc3Cl)SC2=S)cc1. The van der Waals surface area contributed by atoms with Gasteiger partial charge in [0.15, 0.2) is 4.32 Å². The lowest BCUT2D eigenvalue weighted by atomic mass is 10.2. The van der Waals surface area contributed by atoms with Crippen LogP contribution < -0.4 is 9.64 Å². The Kier molecular flexibility index (Phi) is 4.71. The Bertz CT molecular complexity index is 802. The number of halogens is 1. The molecule has 0 bridgehead atoms. The van der Waals surface area contributed by atoms with Crippen LogP contribution in [0.25, 0.3) is 6.08 Å². The first-order valence-electron chi connectivity index (χ1n) is 6.76. The predicted molar refractivity (Wildman–Crippen MR) is 100 cm³/mol. The van der Waals surface area contributed by atoms with E-state index in [-0.39, 0.29) is 5.91 Å². The fourth-order valence-electron chi connectivity index (χ4n) is 2.16. The molecule has 0 radical (unpaired) electrons. The van der Waals surface area contributed by atoms with Crippen LogP contribution in [-0.2, 0) is 4.79 Å². The van der Waals surface area contributed by atoms with Gasteiger partial charge in [0, 0.05) is 5.02 Å². The molecule has 6 heteroatoms. The van der Waals surface area contributed by atoms with E-state index in [0.717, 1.165) is 17.0 Å². The van der Waals surface area contributed by atoms with Gasteiger partial charge in [-0.25, -0.2) is 0 Å². The molecule has 2 aromatic rings. The van der Waals surface area contributed by atoms with Crippen molar-refractivity contribution < 1.29 is 9.53 Å². The molecule has 0 atom stereocenters. The number of methoxy groups -OCH3 is 1. The highest BCUT2D eigenvalue weighted by atomic mass is 35.5. The summed E-state index contributed by atoms with van der Waals surface area (Å²) in [5.74, 6) is 0.580. The fraction of sp³-hybridized carbons (Fsp3) is 0.0588. The van der Waals surface area contributed by atoms with Gasteiger partial charge < -0.3 is 4.74 Å². The quantitative estimate of drug-likeness (QED) is 0.582. The summed E-state index contributed by atoms with van der Waals surface area (Å²) in [6.07, 6.45) is 1.77. The first-order valence-corrected chi connectivity index (χ1v) is 8.37. The van der Waals surface area contributed by atoms with E-state index in [1.165, 1.54) is 16.7 Å². The number of hydrogen-bond acceptors (Lipinski definition) is 4. The van der Waals surface area contributed by atoms with E-state index in [1.807, 2.05) is 30.3 Å². The van der Waals surface area contributed by atoms with Crippen molar-refractivity contribution in [2.24, 2.45) is 0 Å². The number of hydrogen-bond donors (Lipinski definition) is 0. The standard InChI is InChI=1S/C17H12ClNO2S2/c1-21-13-8-6-12(7-9-13)19-16(20)15(23-17(19)22)10-11-4-2-3-5-14(11)18/h2-10H,1H3. The summed E-state index contributed by atoms with van der Waals surface area (Å²) < 4.78 is 5.63. The highest BCUT2D eigenvalue weighted by Gasteiger charge is 2.33. The molecule has 0 N–H and O–H groups in total. The Morgan fingerprint density at radius 1 is 1.17 bits per heavy atom. The van der Waals surface area contributed by atoms with Gasteiger partial charge in [-0.1, -0.05) is 53.8 Å². The molecule has 116 valence electrons. The van der Waals surface area contributed by atoms with Crippen LogP contribution in [0.1, 0.15) is 5.56 Å². The molecule has 1 fully saturated rings. The van der Waals surface area contributed by atoms with Gasteiger partial charge in [0.25, 0.3) is 5.91 Å². The number of carbonyl (C=O) groups excluding carboxylic acids is 1. The summed E-state index contributed by atoms with van der Waals surface area (Å²) >= 11 is 12.8. The Hall–Kier alpha value is -1.82. The molecule has 3 rings (SSSR count). The normalized spacial score (nSPS) is 16.3. The van der Waals surface area contributed by atoms with Crippen LogP contribution in [0, 0.1) is 0 Å². The number of anilines is 1. The second-order valence-corrected chi connectivity index (χ2v) is 6.82. The second kappa shape index (κ2) is 6.74. The highest BCUT2D eigenvalue weighted by molar-refractivity contribution is 8.27. The smallest absolute Gasteiger partial charge is 0.270 e. The minimum Gasteiger partial charge on any atom is -0.497 e. The van der Waals surface area contributed by atoms with Gasteiger partial charge in [0.2, 0.25) is 0 Å². The van der Waals surface area contributed by atoms with Crippen molar-refractivity contribution in [1.29, 1.82) is 0 Å². The van der Waals surface area contributed by atoms with Crippen LogP contribution in [0.3, 0.4) is 0 Å². The Morgan fingerprint density at radius 2 is 1.87 bits per heavy atom.